The van der Waals surface area contributed by atoms with E-state index < -0.39 is 0 Å². The Balaban J connectivity index is 1.09. The standard InChI is InChI=1S/C52H34N2O/c1-2-17-38(18-3-1)53(40-19-12-16-37(34-40)42-24-13-15-35-14-4-5-20-41(35)42)49-33-32-43(52-51(49)46-23-8-11-27-50(46)55-52)36-28-30-39(31-29-36)54-47-25-9-6-21-44(47)45-22-7-10-26-48(45)54/h1-34H. The summed E-state index contributed by atoms with van der Waals surface area (Å²) in [6.07, 6.45) is 0. The van der Waals surface area contributed by atoms with Crippen LogP contribution in [0.15, 0.2) is 211 Å². The van der Waals surface area contributed by atoms with Crippen LogP contribution in [0.5, 0.6) is 0 Å². The zero-order valence-electron chi connectivity index (χ0n) is 29.9. The van der Waals surface area contributed by atoms with Crippen LogP contribution in [0.25, 0.3) is 82.5 Å². The normalized spacial score (nSPS) is 11.6. The first-order chi connectivity index (χ1) is 27.3. The van der Waals surface area contributed by atoms with Gasteiger partial charge in [-0.15, -0.1) is 0 Å². The minimum Gasteiger partial charge on any atom is -0.455 e. The SMILES string of the molecule is c1ccc(N(c2cccc(-c3cccc4ccccc34)c2)c2ccc(-c3ccc(-n4c5ccccc5c5ccccc54)cc3)c3oc4ccccc4c23)cc1. The quantitative estimate of drug-likeness (QED) is 0.172. The molecule has 0 fully saturated rings. The molecule has 0 radical (unpaired) electrons. The van der Waals surface area contributed by atoms with Crippen LogP contribution >= 0.6 is 0 Å². The summed E-state index contributed by atoms with van der Waals surface area (Å²) in [5, 5.41) is 7.15. The van der Waals surface area contributed by atoms with Gasteiger partial charge in [0.15, 0.2) is 0 Å². The molecule has 0 spiro atoms. The summed E-state index contributed by atoms with van der Waals surface area (Å²) >= 11 is 0. The maximum absolute atomic E-state index is 6.83. The van der Waals surface area contributed by atoms with Crippen molar-refractivity contribution in [1.82, 2.24) is 4.57 Å². The van der Waals surface area contributed by atoms with E-state index in [9.17, 15) is 0 Å². The van der Waals surface area contributed by atoms with Crippen molar-refractivity contribution in [2.75, 3.05) is 4.90 Å². The predicted molar refractivity (Wildman–Crippen MR) is 231 cm³/mol. The van der Waals surface area contributed by atoms with E-state index in [1.807, 2.05) is 6.07 Å². The van der Waals surface area contributed by atoms with Crippen LogP contribution < -0.4 is 4.90 Å². The predicted octanol–water partition coefficient (Wildman–Crippen LogP) is 14.6. The molecular weight excluding hydrogens is 669 g/mol. The van der Waals surface area contributed by atoms with E-state index >= 15 is 0 Å². The summed E-state index contributed by atoms with van der Waals surface area (Å²) in [5.41, 5.74) is 13.0. The summed E-state index contributed by atoms with van der Waals surface area (Å²) in [5.74, 6) is 0. The highest BCUT2D eigenvalue weighted by atomic mass is 16.3. The van der Waals surface area contributed by atoms with E-state index in [0.717, 1.165) is 55.8 Å². The van der Waals surface area contributed by atoms with Gasteiger partial charge in [-0.05, 0) is 94.2 Å². The van der Waals surface area contributed by atoms with E-state index in [0.29, 0.717) is 0 Å². The molecule has 258 valence electrons. The second-order valence-corrected chi connectivity index (χ2v) is 14.1. The van der Waals surface area contributed by atoms with E-state index in [2.05, 4.69) is 210 Å². The highest BCUT2D eigenvalue weighted by Crippen LogP contribution is 2.47. The van der Waals surface area contributed by atoms with Gasteiger partial charge < -0.3 is 13.9 Å². The first kappa shape index (κ1) is 31.2. The van der Waals surface area contributed by atoms with Crippen LogP contribution in [0.3, 0.4) is 0 Å². The second kappa shape index (κ2) is 12.6. The third kappa shape index (κ3) is 5.05. The van der Waals surface area contributed by atoms with Gasteiger partial charge in [0.1, 0.15) is 11.2 Å². The average molecular weight is 703 g/mol. The molecule has 0 aliphatic rings. The highest BCUT2D eigenvalue weighted by Gasteiger charge is 2.23. The van der Waals surface area contributed by atoms with Crippen LogP contribution in [0.1, 0.15) is 0 Å². The minimum atomic E-state index is 0.866. The third-order valence-corrected chi connectivity index (χ3v) is 11.0. The Morgan fingerprint density at radius 3 is 1.80 bits per heavy atom. The van der Waals surface area contributed by atoms with Gasteiger partial charge in [-0.25, -0.2) is 0 Å². The molecule has 3 nitrogen and oxygen atoms in total. The molecule has 9 aromatic carbocycles. The summed E-state index contributed by atoms with van der Waals surface area (Å²) in [6, 6.07) is 73.8. The lowest BCUT2D eigenvalue weighted by Gasteiger charge is -2.27. The fourth-order valence-electron chi connectivity index (χ4n) is 8.51. The molecule has 3 heteroatoms. The van der Waals surface area contributed by atoms with E-state index in [1.54, 1.807) is 0 Å². The maximum Gasteiger partial charge on any atom is 0.145 e. The van der Waals surface area contributed by atoms with Crippen LogP contribution in [0.4, 0.5) is 17.1 Å². The highest BCUT2D eigenvalue weighted by molar-refractivity contribution is 6.17. The molecule has 0 saturated carbocycles. The average Bonchev–Trinajstić information content (AvgIpc) is 3.81. The Morgan fingerprint density at radius 2 is 1.02 bits per heavy atom. The van der Waals surface area contributed by atoms with Gasteiger partial charge in [0.25, 0.3) is 0 Å². The molecule has 0 aliphatic carbocycles. The van der Waals surface area contributed by atoms with Crippen molar-refractivity contribution in [3.63, 3.8) is 0 Å². The van der Waals surface area contributed by atoms with Crippen molar-refractivity contribution in [2.45, 2.75) is 0 Å². The lowest BCUT2D eigenvalue weighted by molar-refractivity contribution is 0.670. The molecular formula is C52H34N2O. The lowest BCUT2D eigenvalue weighted by atomic mass is 9.97. The van der Waals surface area contributed by atoms with Gasteiger partial charge in [-0.3, -0.25) is 0 Å². The van der Waals surface area contributed by atoms with Gasteiger partial charge in [0, 0.05) is 38.8 Å². The molecule has 55 heavy (non-hydrogen) atoms. The van der Waals surface area contributed by atoms with Gasteiger partial charge >= 0.3 is 0 Å². The Labute approximate surface area is 318 Å². The second-order valence-electron chi connectivity index (χ2n) is 14.1. The van der Waals surface area contributed by atoms with Crippen molar-refractivity contribution in [3.05, 3.63) is 206 Å². The minimum absolute atomic E-state index is 0.866. The Hall–Kier alpha value is -7.36. The third-order valence-electron chi connectivity index (χ3n) is 11.0. The van der Waals surface area contributed by atoms with Crippen molar-refractivity contribution in [1.29, 1.82) is 0 Å². The molecule has 2 heterocycles. The number of anilines is 3. The van der Waals surface area contributed by atoms with E-state index in [4.69, 9.17) is 4.42 Å². The zero-order chi connectivity index (χ0) is 36.3. The maximum atomic E-state index is 6.83. The zero-order valence-corrected chi connectivity index (χ0v) is 29.9. The number of furan rings is 1. The summed E-state index contributed by atoms with van der Waals surface area (Å²) in [7, 11) is 0. The van der Waals surface area contributed by atoms with Gasteiger partial charge in [-0.1, -0.05) is 140 Å². The Bertz CT molecular complexity index is 3150. The molecule has 11 aromatic rings. The smallest absolute Gasteiger partial charge is 0.145 e. The summed E-state index contributed by atoms with van der Waals surface area (Å²) < 4.78 is 9.19. The largest absolute Gasteiger partial charge is 0.455 e. The molecule has 0 unspecified atom stereocenters. The lowest BCUT2D eigenvalue weighted by Crippen LogP contribution is -2.10. The van der Waals surface area contributed by atoms with Crippen LogP contribution in [-0.4, -0.2) is 4.57 Å². The number of hydrogen-bond donors (Lipinski definition) is 0. The fourth-order valence-corrected chi connectivity index (χ4v) is 8.51. The molecule has 0 amide bonds. The van der Waals surface area contributed by atoms with E-state index in [1.165, 1.54) is 43.7 Å². The summed E-state index contributed by atoms with van der Waals surface area (Å²) in [4.78, 5) is 2.37. The van der Waals surface area contributed by atoms with E-state index in [-0.39, 0.29) is 0 Å². The molecule has 0 N–H and O–H groups in total. The number of para-hydroxylation sites is 4. The molecule has 0 saturated heterocycles. The monoisotopic (exact) mass is 702 g/mol. The number of aromatic nitrogens is 1. The van der Waals surface area contributed by atoms with Gasteiger partial charge in [0.05, 0.1) is 22.1 Å². The number of rotatable bonds is 6. The van der Waals surface area contributed by atoms with Crippen molar-refractivity contribution >= 4 is 71.6 Å². The van der Waals surface area contributed by atoms with Crippen molar-refractivity contribution in [2.24, 2.45) is 0 Å². The first-order valence-corrected chi connectivity index (χ1v) is 18.8. The van der Waals surface area contributed by atoms with Crippen LogP contribution in [-0.2, 0) is 0 Å². The van der Waals surface area contributed by atoms with Gasteiger partial charge in [-0.2, -0.15) is 0 Å². The first-order valence-electron chi connectivity index (χ1n) is 18.8. The molecule has 11 rings (SSSR count). The van der Waals surface area contributed by atoms with Crippen molar-refractivity contribution in [3.8, 4) is 27.9 Å². The fraction of sp³-hybridized carbons (Fsp3) is 0. The number of hydrogen-bond acceptors (Lipinski definition) is 2. The Morgan fingerprint density at radius 1 is 0.400 bits per heavy atom. The molecule has 0 atom stereocenters. The Kier molecular flexibility index (Phi) is 7.17. The van der Waals surface area contributed by atoms with Gasteiger partial charge in [0.2, 0.25) is 0 Å². The number of benzene rings is 9. The molecule has 0 bridgehead atoms. The topological polar surface area (TPSA) is 21.3 Å². The van der Waals surface area contributed by atoms with Crippen LogP contribution in [0.2, 0.25) is 0 Å². The number of fused-ring (bicyclic) bond motifs is 7. The van der Waals surface area contributed by atoms with Crippen LogP contribution in [0, 0.1) is 0 Å². The van der Waals surface area contributed by atoms with Crippen molar-refractivity contribution < 1.29 is 4.42 Å². The summed E-state index contributed by atoms with van der Waals surface area (Å²) in [6.45, 7) is 0. The molecule has 2 aromatic heterocycles. The molecule has 0 aliphatic heterocycles. The number of nitrogens with zero attached hydrogens (tertiary/aromatic N) is 2.